The van der Waals surface area contributed by atoms with E-state index < -0.39 is 0 Å². The van der Waals surface area contributed by atoms with Crippen molar-refractivity contribution in [1.29, 1.82) is 0 Å². The number of ether oxygens (including phenoxy) is 1. The lowest BCUT2D eigenvalue weighted by atomic mass is 9.95. The second-order valence-electron chi connectivity index (χ2n) is 4.41. The lowest BCUT2D eigenvalue weighted by molar-refractivity contribution is 0.147. The third kappa shape index (κ3) is 2.35. The second-order valence-corrected chi connectivity index (χ2v) is 4.41. The molecule has 2 unspecified atom stereocenters. The van der Waals surface area contributed by atoms with Crippen molar-refractivity contribution in [3.8, 4) is 5.75 Å². The molecule has 0 radical (unpaired) electrons. The highest BCUT2D eigenvalue weighted by molar-refractivity contribution is 5.38. The topological polar surface area (TPSA) is 35.2 Å². The predicted molar refractivity (Wildman–Crippen MR) is 61.9 cm³/mol. The summed E-state index contributed by atoms with van der Waals surface area (Å²) in [6, 6.07) is 4.49. The number of fused-ring (bicyclic) bond motifs is 1. The Hall–Kier alpha value is -1.09. The number of halogens is 1. The van der Waals surface area contributed by atoms with Gasteiger partial charge >= 0.3 is 0 Å². The van der Waals surface area contributed by atoms with Gasteiger partial charge in [-0.05, 0) is 24.6 Å². The minimum absolute atomic E-state index is 0.0960. The maximum absolute atomic E-state index is 13.1. The van der Waals surface area contributed by atoms with Gasteiger partial charge in [-0.15, -0.1) is 0 Å². The molecule has 2 N–H and O–H groups in total. The van der Waals surface area contributed by atoms with Crippen LogP contribution in [-0.4, -0.2) is 6.10 Å². The van der Waals surface area contributed by atoms with Gasteiger partial charge in [0.1, 0.15) is 17.7 Å². The molecule has 1 heterocycles. The zero-order valence-electron chi connectivity index (χ0n) is 9.58. The van der Waals surface area contributed by atoms with Crippen LogP contribution in [0.5, 0.6) is 5.75 Å². The molecule has 0 saturated heterocycles. The van der Waals surface area contributed by atoms with E-state index in [1.54, 1.807) is 6.07 Å². The van der Waals surface area contributed by atoms with Crippen LogP contribution < -0.4 is 10.5 Å². The summed E-state index contributed by atoms with van der Waals surface area (Å²) in [4.78, 5) is 0. The molecule has 0 aromatic heterocycles. The minimum Gasteiger partial charge on any atom is -0.490 e. The molecule has 1 aromatic carbocycles. The van der Waals surface area contributed by atoms with E-state index in [1.165, 1.54) is 12.1 Å². The Morgan fingerprint density at radius 2 is 2.31 bits per heavy atom. The third-order valence-corrected chi connectivity index (χ3v) is 3.06. The van der Waals surface area contributed by atoms with E-state index in [0.717, 1.165) is 37.0 Å². The fourth-order valence-electron chi connectivity index (χ4n) is 2.16. The summed E-state index contributed by atoms with van der Waals surface area (Å²) in [5.41, 5.74) is 6.83. The van der Waals surface area contributed by atoms with Crippen molar-refractivity contribution in [1.82, 2.24) is 0 Å². The number of benzene rings is 1. The summed E-state index contributed by atoms with van der Waals surface area (Å²) in [7, 11) is 0. The molecule has 0 saturated carbocycles. The number of unbranched alkanes of at least 4 members (excludes halogenated alkanes) is 1. The van der Waals surface area contributed by atoms with Gasteiger partial charge in [0.2, 0.25) is 0 Å². The van der Waals surface area contributed by atoms with Crippen molar-refractivity contribution in [3.05, 3.63) is 29.6 Å². The van der Waals surface area contributed by atoms with Crippen LogP contribution in [0.15, 0.2) is 18.2 Å². The number of rotatable bonds is 3. The molecule has 1 aromatic rings. The average molecular weight is 223 g/mol. The molecule has 1 aliphatic rings. The molecule has 0 bridgehead atoms. The minimum atomic E-state index is -0.246. The summed E-state index contributed by atoms with van der Waals surface area (Å²) in [5.74, 6) is 0.506. The van der Waals surface area contributed by atoms with Crippen LogP contribution in [0.3, 0.4) is 0 Å². The highest BCUT2D eigenvalue weighted by Crippen LogP contribution is 2.35. The molecule has 3 heteroatoms. The second kappa shape index (κ2) is 4.83. The van der Waals surface area contributed by atoms with Crippen LogP contribution in [0.1, 0.15) is 44.2 Å². The molecule has 2 atom stereocenters. The highest BCUT2D eigenvalue weighted by atomic mass is 19.1. The monoisotopic (exact) mass is 223 g/mol. The van der Waals surface area contributed by atoms with Crippen LogP contribution in [0, 0.1) is 5.82 Å². The van der Waals surface area contributed by atoms with Gasteiger partial charge in [-0.2, -0.15) is 0 Å². The summed E-state index contributed by atoms with van der Waals surface area (Å²) in [6.45, 7) is 2.16. The van der Waals surface area contributed by atoms with Crippen LogP contribution >= 0.6 is 0 Å². The van der Waals surface area contributed by atoms with Crippen LogP contribution in [0.4, 0.5) is 4.39 Å². The summed E-state index contributed by atoms with van der Waals surface area (Å²) < 4.78 is 18.9. The van der Waals surface area contributed by atoms with E-state index in [2.05, 4.69) is 6.92 Å². The van der Waals surface area contributed by atoms with Crippen molar-refractivity contribution in [2.75, 3.05) is 0 Å². The molecule has 2 rings (SSSR count). The summed E-state index contributed by atoms with van der Waals surface area (Å²) in [6.07, 6.45) is 4.31. The number of nitrogens with two attached hydrogens (primary N) is 1. The highest BCUT2D eigenvalue weighted by Gasteiger charge is 2.25. The van der Waals surface area contributed by atoms with E-state index in [-0.39, 0.29) is 18.0 Å². The maximum atomic E-state index is 13.1. The quantitative estimate of drug-likeness (QED) is 0.854. The van der Waals surface area contributed by atoms with Crippen molar-refractivity contribution >= 4 is 0 Å². The van der Waals surface area contributed by atoms with Gasteiger partial charge in [0.25, 0.3) is 0 Å². The molecule has 16 heavy (non-hydrogen) atoms. The first kappa shape index (κ1) is 11.4. The molecule has 0 fully saturated rings. The molecular formula is C13H18FNO. The normalized spacial score (nSPS) is 23.7. The first-order chi connectivity index (χ1) is 7.70. The molecular weight excluding hydrogens is 205 g/mol. The standard InChI is InChI=1S/C13H18FNO/c1-2-3-4-10-8-12(15)11-7-9(14)5-6-13(11)16-10/h5-7,10,12H,2-4,8,15H2,1H3. The van der Waals surface area contributed by atoms with Crippen molar-refractivity contribution < 1.29 is 9.13 Å². The fraction of sp³-hybridized carbons (Fsp3) is 0.538. The Bertz CT molecular complexity index is 367. The molecule has 0 spiro atoms. The maximum Gasteiger partial charge on any atom is 0.124 e. The van der Waals surface area contributed by atoms with Gasteiger partial charge in [-0.25, -0.2) is 4.39 Å². The van der Waals surface area contributed by atoms with Gasteiger partial charge in [-0.1, -0.05) is 19.8 Å². The van der Waals surface area contributed by atoms with Crippen LogP contribution in [0.25, 0.3) is 0 Å². The SMILES string of the molecule is CCCCC1CC(N)c2cc(F)ccc2O1. The van der Waals surface area contributed by atoms with Crippen molar-refractivity contribution in [2.24, 2.45) is 5.73 Å². The lowest BCUT2D eigenvalue weighted by Crippen LogP contribution is -2.29. The molecule has 0 amide bonds. The third-order valence-electron chi connectivity index (χ3n) is 3.06. The Morgan fingerprint density at radius 1 is 1.50 bits per heavy atom. The molecule has 0 aliphatic carbocycles. The largest absolute Gasteiger partial charge is 0.490 e. The van der Waals surface area contributed by atoms with E-state index in [9.17, 15) is 4.39 Å². The molecule has 1 aliphatic heterocycles. The first-order valence-corrected chi connectivity index (χ1v) is 5.92. The Labute approximate surface area is 95.6 Å². The zero-order chi connectivity index (χ0) is 11.5. The van der Waals surface area contributed by atoms with E-state index in [1.807, 2.05) is 0 Å². The van der Waals surface area contributed by atoms with Gasteiger partial charge in [0.15, 0.2) is 0 Å². The van der Waals surface area contributed by atoms with E-state index in [4.69, 9.17) is 10.5 Å². The predicted octanol–water partition coefficient (Wildman–Crippen LogP) is 3.17. The Morgan fingerprint density at radius 3 is 3.06 bits per heavy atom. The van der Waals surface area contributed by atoms with Gasteiger partial charge in [-0.3, -0.25) is 0 Å². The number of hydrogen-bond donors (Lipinski definition) is 1. The van der Waals surface area contributed by atoms with Gasteiger partial charge in [0.05, 0.1) is 0 Å². The van der Waals surface area contributed by atoms with E-state index in [0.29, 0.717) is 0 Å². The molecule has 2 nitrogen and oxygen atoms in total. The zero-order valence-corrected chi connectivity index (χ0v) is 9.58. The summed E-state index contributed by atoms with van der Waals surface area (Å²) >= 11 is 0. The average Bonchev–Trinajstić information content (AvgIpc) is 2.27. The van der Waals surface area contributed by atoms with E-state index >= 15 is 0 Å². The van der Waals surface area contributed by atoms with Crippen LogP contribution in [-0.2, 0) is 0 Å². The van der Waals surface area contributed by atoms with Crippen molar-refractivity contribution in [2.45, 2.75) is 44.8 Å². The van der Waals surface area contributed by atoms with Crippen LogP contribution in [0.2, 0.25) is 0 Å². The van der Waals surface area contributed by atoms with Crippen molar-refractivity contribution in [3.63, 3.8) is 0 Å². The Kier molecular flexibility index (Phi) is 3.44. The van der Waals surface area contributed by atoms with Gasteiger partial charge < -0.3 is 10.5 Å². The smallest absolute Gasteiger partial charge is 0.124 e. The van der Waals surface area contributed by atoms with Gasteiger partial charge in [0, 0.05) is 18.0 Å². The molecule has 88 valence electrons. The fourth-order valence-corrected chi connectivity index (χ4v) is 2.16. The first-order valence-electron chi connectivity index (χ1n) is 5.92. The Balaban J connectivity index is 2.13. The number of hydrogen-bond acceptors (Lipinski definition) is 2. The summed E-state index contributed by atoms with van der Waals surface area (Å²) in [5, 5.41) is 0. The lowest BCUT2D eigenvalue weighted by Gasteiger charge is -2.30.